The molecule has 10 heavy (non-hydrogen) atoms. The standard InChI is InChI=1S/C7H12O2S/c1-3-7(8)9-5-4-6-10-2/h4-5H,3,6H2,1-2H3. The van der Waals surface area contributed by atoms with Crippen LogP contribution in [0.3, 0.4) is 0 Å². The molecule has 0 N–H and O–H groups in total. The first-order chi connectivity index (χ1) is 4.81. The molecule has 3 heteroatoms. The number of ether oxygens (including phenoxy) is 1. The molecule has 0 fully saturated rings. The van der Waals surface area contributed by atoms with E-state index in [4.69, 9.17) is 0 Å². The lowest BCUT2D eigenvalue weighted by Crippen LogP contribution is -1.95. The number of hydrogen-bond donors (Lipinski definition) is 0. The molecule has 0 heterocycles. The minimum Gasteiger partial charge on any atom is -0.435 e. The summed E-state index contributed by atoms with van der Waals surface area (Å²) in [5, 5.41) is 0. The zero-order chi connectivity index (χ0) is 7.82. The van der Waals surface area contributed by atoms with Gasteiger partial charge in [-0.3, -0.25) is 4.79 Å². The molecule has 0 saturated heterocycles. The molecule has 0 aromatic rings. The lowest BCUT2D eigenvalue weighted by Gasteiger charge is -1.92. The van der Waals surface area contributed by atoms with Crippen LogP contribution in [0, 0.1) is 0 Å². The molecular weight excluding hydrogens is 148 g/mol. The molecule has 0 aliphatic carbocycles. The Labute approximate surface area is 65.6 Å². The van der Waals surface area contributed by atoms with Crippen molar-refractivity contribution in [1.29, 1.82) is 0 Å². The Morgan fingerprint density at radius 1 is 1.70 bits per heavy atom. The molecule has 0 amide bonds. The maximum atomic E-state index is 10.5. The summed E-state index contributed by atoms with van der Waals surface area (Å²) < 4.78 is 4.66. The monoisotopic (exact) mass is 160 g/mol. The SMILES string of the molecule is CCC(=O)OC=CCSC. The Morgan fingerprint density at radius 2 is 2.40 bits per heavy atom. The average molecular weight is 160 g/mol. The van der Waals surface area contributed by atoms with Gasteiger partial charge in [0.25, 0.3) is 0 Å². The average Bonchev–Trinajstić information content (AvgIpc) is 1.98. The summed E-state index contributed by atoms with van der Waals surface area (Å²) >= 11 is 1.68. The van der Waals surface area contributed by atoms with Gasteiger partial charge in [0, 0.05) is 12.2 Å². The molecule has 0 atom stereocenters. The van der Waals surface area contributed by atoms with Crippen molar-refractivity contribution in [3.8, 4) is 0 Å². The number of thioether (sulfide) groups is 1. The van der Waals surface area contributed by atoms with Gasteiger partial charge in [0.1, 0.15) is 0 Å². The van der Waals surface area contributed by atoms with Crippen molar-refractivity contribution in [2.45, 2.75) is 13.3 Å². The molecule has 2 nitrogen and oxygen atoms in total. The normalized spacial score (nSPS) is 10.2. The van der Waals surface area contributed by atoms with Crippen LogP contribution in [0.25, 0.3) is 0 Å². The molecular formula is C7H12O2S. The van der Waals surface area contributed by atoms with Crippen LogP contribution >= 0.6 is 11.8 Å². The smallest absolute Gasteiger partial charge is 0.310 e. The minimum absolute atomic E-state index is 0.183. The lowest BCUT2D eigenvalue weighted by atomic mass is 10.5. The highest BCUT2D eigenvalue weighted by Gasteiger charge is 1.91. The summed E-state index contributed by atoms with van der Waals surface area (Å²) in [5.41, 5.74) is 0. The summed E-state index contributed by atoms with van der Waals surface area (Å²) in [4.78, 5) is 10.5. The molecule has 0 radical (unpaired) electrons. The van der Waals surface area contributed by atoms with Crippen LogP contribution in [0.2, 0.25) is 0 Å². The van der Waals surface area contributed by atoms with Crippen LogP contribution in [-0.2, 0) is 9.53 Å². The van der Waals surface area contributed by atoms with Crippen molar-refractivity contribution in [2.75, 3.05) is 12.0 Å². The van der Waals surface area contributed by atoms with Crippen molar-refractivity contribution in [2.24, 2.45) is 0 Å². The third kappa shape index (κ3) is 5.69. The largest absolute Gasteiger partial charge is 0.435 e. The topological polar surface area (TPSA) is 26.3 Å². The first kappa shape index (κ1) is 9.56. The van der Waals surface area contributed by atoms with Crippen LogP contribution in [0.15, 0.2) is 12.3 Å². The summed E-state index contributed by atoms with van der Waals surface area (Å²) in [6, 6.07) is 0. The molecule has 0 aromatic heterocycles. The first-order valence-corrected chi connectivity index (χ1v) is 4.54. The quantitative estimate of drug-likeness (QED) is 0.463. The lowest BCUT2D eigenvalue weighted by molar-refractivity contribution is -0.137. The summed E-state index contributed by atoms with van der Waals surface area (Å²) in [6.07, 6.45) is 5.69. The fourth-order valence-corrected chi connectivity index (χ4v) is 0.614. The van der Waals surface area contributed by atoms with Gasteiger partial charge in [0.2, 0.25) is 0 Å². The number of rotatable bonds is 4. The minimum atomic E-state index is -0.183. The zero-order valence-electron chi connectivity index (χ0n) is 6.29. The second-order valence-corrected chi connectivity index (χ2v) is 2.58. The molecule has 58 valence electrons. The van der Waals surface area contributed by atoms with Crippen LogP contribution in [0.4, 0.5) is 0 Å². The second kappa shape index (κ2) is 6.68. The molecule has 0 spiro atoms. The highest BCUT2D eigenvalue weighted by atomic mass is 32.2. The third-order valence-electron chi connectivity index (χ3n) is 0.847. The van der Waals surface area contributed by atoms with E-state index >= 15 is 0 Å². The van der Waals surface area contributed by atoms with Gasteiger partial charge in [-0.15, -0.1) is 0 Å². The molecule has 0 bridgehead atoms. The number of carbonyl (C=O) groups excluding carboxylic acids is 1. The Bertz CT molecular complexity index is 121. The zero-order valence-corrected chi connectivity index (χ0v) is 7.11. The van der Waals surface area contributed by atoms with Crippen molar-refractivity contribution >= 4 is 17.7 Å². The maximum Gasteiger partial charge on any atom is 0.310 e. The Morgan fingerprint density at radius 3 is 2.90 bits per heavy atom. The van der Waals surface area contributed by atoms with Gasteiger partial charge in [0.05, 0.1) is 6.26 Å². The number of carbonyl (C=O) groups is 1. The summed E-state index contributed by atoms with van der Waals surface area (Å²) in [7, 11) is 0. The van der Waals surface area contributed by atoms with Crippen LogP contribution in [0.5, 0.6) is 0 Å². The van der Waals surface area contributed by atoms with Gasteiger partial charge < -0.3 is 4.74 Å². The molecule has 0 aromatic carbocycles. The predicted molar refractivity (Wildman–Crippen MR) is 43.9 cm³/mol. The summed E-state index contributed by atoms with van der Waals surface area (Å²) in [6.45, 7) is 1.77. The van der Waals surface area contributed by atoms with Crippen molar-refractivity contribution in [3.05, 3.63) is 12.3 Å². The van der Waals surface area contributed by atoms with E-state index in [1.165, 1.54) is 6.26 Å². The Hall–Kier alpha value is -0.440. The van der Waals surface area contributed by atoms with Gasteiger partial charge in [-0.05, 0) is 12.3 Å². The van der Waals surface area contributed by atoms with E-state index in [9.17, 15) is 4.79 Å². The van der Waals surface area contributed by atoms with Crippen LogP contribution in [-0.4, -0.2) is 18.0 Å². The molecule has 0 saturated carbocycles. The van der Waals surface area contributed by atoms with E-state index < -0.39 is 0 Å². The first-order valence-electron chi connectivity index (χ1n) is 3.14. The second-order valence-electron chi connectivity index (χ2n) is 1.67. The number of esters is 1. The maximum absolute atomic E-state index is 10.5. The van der Waals surface area contributed by atoms with Crippen LogP contribution < -0.4 is 0 Å². The molecule has 0 rings (SSSR count). The third-order valence-corrected chi connectivity index (χ3v) is 1.37. The van der Waals surface area contributed by atoms with E-state index in [1.807, 2.05) is 12.3 Å². The molecule has 0 aliphatic heterocycles. The van der Waals surface area contributed by atoms with E-state index in [0.717, 1.165) is 5.75 Å². The molecule has 0 aliphatic rings. The van der Waals surface area contributed by atoms with E-state index in [-0.39, 0.29) is 5.97 Å². The van der Waals surface area contributed by atoms with Crippen molar-refractivity contribution < 1.29 is 9.53 Å². The number of hydrogen-bond acceptors (Lipinski definition) is 3. The van der Waals surface area contributed by atoms with Gasteiger partial charge in [-0.1, -0.05) is 6.92 Å². The van der Waals surface area contributed by atoms with Gasteiger partial charge in [0.15, 0.2) is 0 Å². The van der Waals surface area contributed by atoms with E-state index in [1.54, 1.807) is 18.7 Å². The Kier molecular flexibility index (Phi) is 6.38. The van der Waals surface area contributed by atoms with Crippen molar-refractivity contribution in [3.63, 3.8) is 0 Å². The van der Waals surface area contributed by atoms with E-state index in [2.05, 4.69) is 4.74 Å². The highest BCUT2D eigenvalue weighted by Crippen LogP contribution is 1.92. The summed E-state index contributed by atoms with van der Waals surface area (Å²) in [5.74, 6) is 0.703. The van der Waals surface area contributed by atoms with E-state index in [0.29, 0.717) is 6.42 Å². The highest BCUT2D eigenvalue weighted by molar-refractivity contribution is 7.98. The Balaban J connectivity index is 3.25. The van der Waals surface area contributed by atoms with Crippen LogP contribution in [0.1, 0.15) is 13.3 Å². The predicted octanol–water partition coefficient (Wildman–Crippen LogP) is 1.82. The fourth-order valence-electron chi connectivity index (χ4n) is 0.343. The molecule has 0 unspecified atom stereocenters. The fraction of sp³-hybridized carbons (Fsp3) is 0.571. The van der Waals surface area contributed by atoms with Crippen molar-refractivity contribution in [1.82, 2.24) is 0 Å². The van der Waals surface area contributed by atoms with Gasteiger partial charge in [-0.2, -0.15) is 11.8 Å². The van der Waals surface area contributed by atoms with Gasteiger partial charge in [-0.25, -0.2) is 0 Å². The van der Waals surface area contributed by atoms with Gasteiger partial charge >= 0.3 is 5.97 Å².